The van der Waals surface area contributed by atoms with Crippen LogP contribution in [0.3, 0.4) is 0 Å². The van der Waals surface area contributed by atoms with E-state index in [9.17, 15) is 9.59 Å². The summed E-state index contributed by atoms with van der Waals surface area (Å²) >= 11 is 0. The highest BCUT2D eigenvalue weighted by molar-refractivity contribution is 6.11. The van der Waals surface area contributed by atoms with Gasteiger partial charge < -0.3 is 19.7 Å². The summed E-state index contributed by atoms with van der Waals surface area (Å²) in [6.07, 6.45) is 1.73. The predicted molar refractivity (Wildman–Crippen MR) is 144 cm³/mol. The number of fused-ring (bicyclic) bond motifs is 3. The van der Waals surface area contributed by atoms with Crippen molar-refractivity contribution in [3.63, 3.8) is 0 Å². The maximum atomic E-state index is 11.9. The molecule has 3 aromatic carbocycles. The third-order valence-corrected chi connectivity index (χ3v) is 5.65. The molecule has 186 valence electrons. The molecule has 2 N–H and O–H groups in total. The van der Waals surface area contributed by atoms with Gasteiger partial charge in [0.25, 0.3) is 0 Å². The molecule has 0 aliphatic heterocycles. The van der Waals surface area contributed by atoms with Gasteiger partial charge in [-0.2, -0.15) is 4.99 Å². The molecular formula is C29H31N3O4. The number of amides is 1. The molecule has 0 aliphatic rings. The third-order valence-electron chi connectivity index (χ3n) is 5.65. The van der Waals surface area contributed by atoms with Crippen LogP contribution >= 0.6 is 0 Å². The fourth-order valence-corrected chi connectivity index (χ4v) is 3.56. The average Bonchev–Trinajstić information content (AvgIpc) is 3.09. The van der Waals surface area contributed by atoms with E-state index >= 15 is 0 Å². The predicted octanol–water partition coefficient (Wildman–Crippen LogP) is 6.16. The molecule has 36 heavy (non-hydrogen) atoms. The minimum Gasteiger partial charge on any atom is -0.478 e. The van der Waals surface area contributed by atoms with Crippen molar-refractivity contribution in [3.05, 3.63) is 96.4 Å². The van der Waals surface area contributed by atoms with Gasteiger partial charge in [-0.1, -0.05) is 48.5 Å². The molecule has 0 aliphatic carbocycles. The second kappa shape index (κ2) is 12.4. The van der Waals surface area contributed by atoms with Crippen LogP contribution in [-0.4, -0.2) is 41.8 Å². The number of rotatable bonds is 6. The van der Waals surface area contributed by atoms with Crippen molar-refractivity contribution in [2.24, 2.45) is 4.99 Å². The quantitative estimate of drug-likeness (QED) is 0.252. The van der Waals surface area contributed by atoms with E-state index in [1.165, 1.54) is 0 Å². The number of carbonyl (C=O) groups excluding carboxylic acids is 1. The molecule has 0 atom stereocenters. The number of nitrogens with zero attached hydrogens (tertiary/aromatic N) is 2. The van der Waals surface area contributed by atoms with Crippen LogP contribution in [0.5, 0.6) is 0 Å². The minimum atomic E-state index is -0.879. The molecule has 7 heteroatoms. The van der Waals surface area contributed by atoms with Crippen LogP contribution in [-0.2, 0) is 4.74 Å². The highest BCUT2D eigenvalue weighted by atomic mass is 16.5. The Hall–Kier alpha value is -4.39. The molecule has 4 rings (SSSR count). The lowest BCUT2D eigenvalue weighted by Gasteiger charge is -2.24. The Morgan fingerprint density at radius 3 is 2.39 bits per heavy atom. The summed E-state index contributed by atoms with van der Waals surface area (Å²) in [6.45, 7) is 8.22. The molecule has 1 heterocycles. The smallest absolute Gasteiger partial charge is 0.434 e. The Bertz CT molecular complexity index is 1430. The number of hydrogen-bond acceptors (Lipinski definition) is 4. The molecule has 0 fully saturated rings. The van der Waals surface area contributed by atoms with Gasteiger partial charge in [-0.3, -0.25) is 0 Å². The first-order chi connectivity index (χ1) is 17.3. The number of aromatic nitrogens is 1. The van der Waals surface area contributed by atoms with Crippen molar-refractivity contribution in [1.29, 1.82) is 0 Å². The summed E-state index contributed by atoms with van der Waals surface area (Å²) in [5.74, 6) is -0.879. The van der Waals surface area contributed by atoms with Crippen LogP contribution in [0.1, 0.15) is 30.6 Å². The van der Waals surface area contributed by atoms with Crippen molar-refractivity contribution in [3.8, 4) is 0 Å². The molecule has 0 saturated carbocycles. The van der Waals surface area contributed by atoms with Gasteiger partial charge in [0.1, 0.15) is 0 Å². The summed E-state index contributed by atoms with van der Waals surface area (Å²) in [4.78, 5) is 31.9. The van der Waals surface area contributed by atoms with Crippen LogP contribution in [0.15, 0.2) is 90.4 Å². The van der Waals surface area contributed by atoms with E-state index in [1.807, 2.05) is 18.2 Å². The number of nitrogens with one attached hydrogen (secondary N) is 1. The van der Waals surface area contributed by atoms with Crippen molar-refractivity contribution in [1.82, 2.24) is 4.98 Å². The first-order valence-corrected chi connectivity index (χ1v) is 11.7. The zero-order valence-electron chi connectivity index (χ0n) is 20.8. The minimum absolute atomic E-state index is 0.289. The largest absolute Gasteiger partial charge is 0.478 e. The van der Waals surface area contributed by atoms with E-state index in [1.54, 1.807) is 42.5 Å². The SMILES string of the molecule is C=CCCOC(=O)N=c1cccc2c(c1)[nH]c1c(N(C)C(C)C)cccc12.O=C(O)c1ccccc1. The second-order valence-corrected chi connectivity index (χ2v) is 8.43. The topological polar surface area (TPSA) is 95.0 Å². The fraction of sp³-hybridized carbons (Fsp3) is 0.207. The second-order valence-electron chi connectivity index (χ2n) is 8.43. The molecular weight excluding hydrogens is 454 g/mol. The van der Waals surface area contributed by atoms with Gasteiger partial charge >= 0.3 is 12.1 Å². The van der Waals surface area contributed by atoms with Gasteiger partial charge in [-0.05, 0) is 50.6 Å². The number of hydrogen-bond donors (Lipinski definition) is 2. The van der Waals surface area contributed by atoms with Gasteiger partial charge in [-0.15, -0.1) is 6.58 Å². The Kier molecular flexibility index (Phi) is 9.00. The lowest BCUT2D eigenvalue weighted by atomic mass is 10.1. The van der Waals surface area contributed by atoms with Crippen molar-refractivity contribution < 1.29 is 19.4 Å². The highest BCUT2D eigenvalue weighted by Gasteiger charge is 2.12. The Labute approximate surface area is 210 Å². The Balaban J connectivity index is 0.000000338. The third kappa shape index (κ3) is 6.60. The number of carbonyl (C=O) groups is 2. The van der Waals surface area contributed by atoms with E-state index in [0.717, 1.165) is 27.5 Å². The molecule has 7 nitrogen and oxygen atoms in total. The highest BCUT2D eigenvalue weighted by Crippen LogP contribution is 2.31. The van der Waals surface area contributed by atoms with Crippen molar-refractivity contribution in [2.45, 2.75) is 26.3 Å². The molecule has 1 amide bonds. The van der Waals surface area contributed by atoms with Crippen LogP contribution in [0.25, 0.3) is 21.8 Å². The summed E-state index contributed by atoms with van der Waals surface area (Å²) in [5.41, 5.74) is 3.48. The van der Waals surface area contributed by atoms with E-state index in [-0.39, 0.29) is 6.61 Å². The first kappa shape index (κ1) is 26.2. The van der Waals surface area contributed by atoms with E-state index < -0.39 is 12.1 Å². The number of benzene rings is 2. The zero-order chi connectivity index (χ0) is 26.1. The maximum absolute atomic E-state index is 11.9. The first-order valence-electron chi connectivity index (χ1n) is 11.7. The van der Waals surface area contributed by atoms with Crippen LogP contribution in [0.4, 0.5) is 10.5 Å². The Morgan fingerprint density at radius 2 is 1.75 bits per heavy atom. The van der Waals surface area contributed by atoms with Gasteiger partial charge in [-0.25, -0.2) is 9.59 Å². The lowest BCUT2D eigenvalue weighted by Crippen LogP contribution is -2.25. The van der Waals surface area contributed by atoms with E-state index in [2.05, 4.69) is 60.5 Å². The zero-order valence-corrected chi connectivity index (χ0v) is 20.8. The monoisotopic (exact) mass is 485 g/mol. The standard InChI is InChI=1S/C22H25N3O2.C7H6O2/c1-5-6-13-27-22(26)23-16-9-7-10-17-18-11-8-12-20(25(4)15(2)3)21(18)24-19(17)14-16;8-7(9)6-4-2-1-3-5-6/h5,7-12,14-15,24H,1,6,13H2,2-4H3;1-5H,(H,8,9). The maximum Gasteiger partial charge on any atom is 0.434 e. The van der Waals surface area contributed by atoms with Crippen molar-refractivity contribution >= 4 is 39.6 Å². The van der Waals surface area contributed by atoms with E-state index in [0.29, 0.717) is 23.4 Å². The number of aromatic carboxylic acids is 1. The lowest BCUT2D eigenvalue weighted by molar-refractivity contribution is 0.0696. The number of ether oxygens (including phenoxy) is 1. The fourth-order valence-electron chi connectivity index (χ4n) is 3.56. The number of carboxylic acids is 1. The van der Waals surface area contributed by atoms with Gasteiger partial charge in [0.2, 0.25) is 0 Å². The average molecular weight is 486 g/mol. The summed E-state index contributed by atoms with van der Waals surface area (Å²) in [5, 5.41) is 11.2. The number of carboxylic acid groups (broad SMARTS) is 1. The summed E-state index contributed by atoms with van der Waals surface area (Å²) in [7, 11) is 2.09. The van der Waals surface area contributed by atoms with Gasteiger partial charge in [0.15, 0.2) is 0 Å². The van der Waals surface area contributed by atoms with Crippen LogP contribution in [0, 0.1) is 0 Å². The van der Waals surface area contributed by atoms with Crippen LogP contribution < -0.4 is 10.3 Å². The van der Waals surface area contributed by atoms with E-state index in [4.69, 9.17) is 9.84 Å². The normalized spacial score (nSPS) is 11.2. The molecule has 0 unspecified atom stereocenters. The Morgan fingerprint density at radius 1 is 1.06 bits per heavy atom. The van der Waals surface area contributed by atoms with Gasteiger partial charge in [0.05, 0.1) is 28.7 Å². The molecule has 0 spiro atoms. The number of anilines is 1. The summed E-state index contributed by atoms with van der Waals surface area (Å²) < 4.78 is 5.07. The number of H-pyrrole nitrogens is 1. The number of aromatic amines is 1. The molecule has 0 radical (unpaired) electrons. The number of para-hydroxylation sites is 1. The van der Waals surface area contributed by atoms with Crippen LogP contribution in [0.2, 0.25) is 0 Å². The van der Waals surface area contributed by atoms with Gasteiger partial charge in [0, 0.05) is 29.4 Å². The molecule has 0 bridgehead atoms. The summed E-state index contributed by atoms with van der Waals surface area (Å²) in [6, 6.07) is 22.6. The van der Waals surface area contributed by atoms with Crippen molar-refractivity contribution in [2.75, 3.05) is 18.6 Å². The molecule has 0 saturated heterocycles. The molecule has 1 aromatic heterocycles. The molecule has 4 aromatic rings.